The van der Waals surface area contributed by atoms with Crippen LogP contribution in [-0.4, -0.2) is 24.5 Å². The summed E-state index contributed by atoms with van der Waals surface area (Å²) in [4.78, 5) is 2.16. The van der Waals surface area contributed by atoms with Gasteiger partial charge in [-0.3, -0.25) is 5.84 Å². The number of hydrogen-bond donors (Lipinski definition) is 2. The van der Waals surface area contributed by atoms with E-state index in [1.54, 1.807) is 0 Å². The summed E-state index contributed by atoms with van der Waals surface area (Å²) in [5.41, 5.74) is 3.45. The number of furan rings is 1. The molecular formula is C15H22ClN3O. The van der Waals surface area contributed by atoms with E-state index >= 15 is 0 Å². The Morgan fingerprint density at radius 2 is 2.15 bits per heavy atom. The van der Waals surface area contributed by atoms with Crippen LogP contribution in [-0.2, 0) is 0 Å². The first-order chi connectivity index (χ1) is 9.43. The molecule has 20 heavy (non-hydrogen) atoms. The third-order valence-corrected chi connectivity index (χ3v) is 4.62. The number of nitrogens with two attached hydrogens (primary N) is 1. The lowest BCUT2D eigenvalue weighted by Gasteiger charge is -2.41. The Balaban J connectivity index is 2.52. The molecular weight excluding hydrogens is 274 g/mol. The van der Waals surface area contributed by atoms with E-state index in [2.05, 4.69) is 24.2 Å². The number of likely N-dealkylation sites (N-methyl/N-ethyl adjacent to an activating group) is 1. The number of rotatable bonds is 5. The summed E-state index contributed by atoms with van der Waals surface area (Å²) in [5, 5.41) is 1.61. The molecule has 0 aliphatic heterocycles. The van der Waals surface area contributed by atoms with E-state index in [4.69, 9.17) is 21.9 Å². The van der Waals surface area contributed by atoms with Crippen molar-refractivity contribution < 1.29 is 4.42 Å². The Morgan fingerprint density at radius 1 is 1.45 bits per heavy atom. The molecule has 5 heteroatoms. The summed E-state index contributed by atoms with van der Waals surface area (Å²) in [6.45, 7) is 4.30. The molecule has 0 saturated heterocycles. The maximum Gasteiger partial charge on any atom is 0.152 e. The molecule has 3 N–H and O–H groups in total. The highest BCUT2D eigenvalue weighted by atomic mass is 35.5. The van der Waals surface area contributed by atoms with Crippen molar-refractivity contribution in [1.29, 1.82) is 0 Å². The minimum atomic E-state index is -0.158. The number of hydrazine groups is 1. The minimum Gasteiger partial charge on any atom is -0.458 e. The van der Waals surface area contributed by atoms with Crippen LogP contribution in [0.4, 0.5) is 0 Å². The Bertz CT molecular complexity index is 596. The monoisotopic (exact) mass is 295 g/mol. The average Bonchev–Trinajstić information content (AvgIpc) is 2.84. The normalized spacial score (nSPS) is 16.6. The van der Waals surface area contributed by atoms with Gasteiger partial charge in [-0.15, -0.1) is 0 Å². The first kappa shape index (κ1) is 15.3. The lowest BCUT2D eigenvalue weighted by Crippen LogP contribution is -2.52. The van der Waals surface area contributed by atoms with Crippen molar-refractivity contribution in [2.45, 2.75) is 31.8 Å². The summed E-state index contributed by atoms with van der Waals surface area (Å²) in [5.74, 6) is 6.59. The van der Waals surface area contributed by atoms with Gasteiger partial charge in [0.05, 0.1) is 11.1 Å². The average molecular weight is 296 g/mol. The minimum absolute atomic E-state index is 0.119. The highest BCUT2D eigenvalue weighted by molar-refractivity contribution is 6.34. The van der Waals surface area contributed by atoms with Crippen LogP contribution in [0.3, 0.4) is 0 Å². The van der Waals surface area contributed by atoms with Gasteiger partial charge in [0.1, 0.15) is 5.76 Å². The van der Waals surface area contributed by atoms with Crippen LogP contribution in [0.15, 0.2) is 28.7 Å². The van der Waals surface area contributed by atoms with Gasteiger partial charge in [0, 0.05) is 10.9 Å². The zero-order chi connectivity index (χ0) is 14.9. The van der Waals surface area contributed by atoms with Crippen molar-refractivity contribution in [3.8, 4) is 0 Å². The third-order valence-electron chi connectivity index (χ3n) is 4.33. The standard InChI is InChI=1S/C15H22ClN3O/c1-5-15(2,19(3)4)14(18-17)12-9-10-7-6-8-11(16)13(10)20-12/h6-9,14,18H,5,17H2,1-4H3. The summed E-state index contributed by atoms with van der Waals surface area (Å²) in [6, 6.07) is 7.61. The van der Waals surface area contributed by atoms with Crippen molar-refractivity contribution in [2.75, 3.05) is 14.1 Å². The smallest absolute Gasteiger partial charge is 0.152 e. The molecule has 2 unspecified atom stereocenters. The van der Waals surface area contributed by atoms with Gasteiger partial charge in [0.25, 0.3) is 0 Å². The van der Waals surface area contributed by atoms with Gasteiger partial charge in [0.15, 0.2) is 5.58 Å². The molecule has 2 aromatic rings. The molecule has 4 nitrogen and oxygen atoms in total. The van der Waals surface area contributed by atoms with Gasteiger partial charge in [-0.1, -0.05) is 30.7 Å². The molecule has 1 heterocycles. The van der Waals surface area contributed by atoms with Gasteiger partial charge < -0.3 is 9.32 Å². The van der Waals surface area contributed by atoms with E-state index < -0.39 is 0 Å². The number of benzene rings is 1. The molecule has 1 aromatic heterocycles. The van der Waals surface area contributed by atoms with Crippen LogP contribution in [0.25, 0.3) is 11.0 Å². The lowest BCUT2D eigenvalue weighted by atomic mass is 9.86. The second-order valence-corrected chi connectivity index (χ2v) is 5.92. The summed E-state index contributed by atoms with van der Waals surface area (Å²) < 4.78 is 5.95. The highest BCUT2D eigenvalue weighted by Gasteiger charge is 2.37. The molecule has 0 fully saturated rings. The van der Waals surface area contributed by atoms with E-state index in [0.717, 1.165) is 17.6 Å². The molecule has 0 saturated carbocycles. The second-order valence-electron chi connectivity index (χ2n) is 5.51. The molecule has 2 atom stereocenters. The van der Waals surface area contributed by atoms with E-state index in [1.807, 2.05) is 38.4 Å². The number of halogens is 1. The zero-order valence-corrected chi connectivity index (χ0v) is 13.2. The Kier molecular flexibility index (Phi) is 4.39. The number of nitrogens with zero attached hydrogens (tertiary/aromatic N) is 1. The van der Waals surface area contributed by atoms with E-state index in [0.29, 0.717) is 10.6 Å². The summed E-state index contributed by atoms with van der Waals surface area (Å²) in [7, 11) is 4.09. The predicted octanol–water partition coefficient (Wildman–Crippen LogP) is 3.32. The van der Waals surface area contributed by atoms with Gasteiger partial charge in [-0.05, 0) is 39.6 Å². The van der Waals surface area contributed by atoms with Crippen molar-refractivity contribution in [3.05, 3.63) is 35.0 Å². The fourth-order valence-electron chi connectivity index (χ4n) is 2.54. The summed E-state index contributed by atoms with van der Waals surface area (Å²) >= 11 is 6.17. The van der Waals surface area contributed by atoms with E-state index in [-0.39, 0.29) is 11.6 Å². The topological polar surface area (TPSA) is 54.4 Å². The van der Waals surface area contributed by atoms with Crippen LogP contribution in [0, 0.1) is 0 Å². The second kappa shape index (κ2) is 5.74. The number of nitrogens with one attached hydrogen (secondary N) is 1. The molecule has 2 rings (SSSR count). The molecule has 0 bridgehead atoms. The van der Waals surface area contributed by atoms with Crippen molar-refractivity contribution >= 4 is 22.6 Å². The predicted molar refractivity (Wildman–Crippen MR) is 83.7 cm³/mol. The molecule has 1 aromatic carbocycles. The lowest BCUT2D eigenvalue weighted by molar-refractivity contribution is 0.102. The number of para-hydroxylation sites is 1. The molecule has 0 aliphatic rings. The van der Waals surface area contributed by atoms with Crippen LogP contribution in [0.2, 0.25) is 5.02 Å². The fraction of sp³-hybridized carbons (Fsp3) is 0.467. The molecule has 0 aliphatic carbocycles. The SMILES string of the molecule is CCC(C)(C(NN)c1cc2cccc(Cl)c2o1)N(C)C. The zero-order valence-electron chi connectivity index (χ0n) is 12.4. The fourth-order valence-corrected chi connectivity index (χ4v) is 2.76. The van der Waals surface area contributed by atoms with Gasteiger partial charge in [0.2, 0.25) is 0 Å². The summed E-state index contributed by atoms with van der Waals surface area (Å²) in [6.07, 6.45) is 0.930. The highest BCUT2D eigenvalue weighted by Crippen LogP contribution is 2.36. The molecule has 0 spiro atoms. The van der Waals surface area contributed by atoms with E-state index in [9.17, 15) is 0 Å². The quantitative estimate of drug-likeness (QED) is 0.656. The van der Waals surface area contributed by atoms with Crippen molar-refractivity contribution in [3.63, 3.8) is 0 Å². The van der Waals surface area contributed by atoms with Gasteiger partial charge in [-0.25, -0.2) is 5.43 Å². The molecule has 110 valence electrons. The first-order valence-electron chi connectivity index (χ1n) is 6.75. The Labute approximate surface area is 124 Å². The van der Waals surface area contributed by atoms with Crippen LogP contribution in [0.5, 0.6) is 0 Å². The van der Waals surface area contributed by atoms with Gasteiger partial charge >= 0.3 is 0 Å². The Morgan fingerprint density at radius 3 is 2.65 bits per heavy atom. The van der Waals surface area contributed by atoms with Crippen molar-refractivity contribution in [1.82, 2.24) is 10.3 Å². The number of hydrogen-bond acceptors (Lipinski definition) is 4. The van der Waals surface area contributed by atoms with Crippen LogP contribution >= 0.6 is 11.6 Å². The Hall–Kier alpha value is -1.07. The van der Waals surface area contributed by atoms with Gasteiger partial charge in [-0.2, -0.15) is 0 Å². The molecule has 0 radical (unpaired) electrons. The van der Waals surface area contributed by atoms with E-state index in [1.165, 1.54) is 0 Å². The molecule has 0 amide bonds. The van der Waals surface area contributed by atoms with Crippen LogP contribution < -0.4 is 11.3 Å². The number of fused-ring (bicyclic) bond motifs is 1. The van der Waals surface area contributed by atoms with Crippen LogP contribution in [0.1, 0.15) is 32.1 Å². The maximum atomic E-state index is 6.17. The third kappa shape index (κ3) is 2.44. The maximum absolute atomic E-state index is 6.17. The van der Waals surface area contributed by atoms with Crippen molar-refractivity contribution in [2.24, 2.45) is 5.84 Å². The largest absolute Gasteiger partial charge is 0.458 e. The first-order valence-corrected chi connectivity index (χ1v) is 7.13.